The van der Waals surface area contributed by atoms with Gasteiger partial charge in [-0.05, 0) is 24.3 Å². The highest BCUT2D eigenvalue weighted by atomic mass is 16.6. The van der Waals surface area contributed by atoms with E-state index >= 15 is 0 Å². The highest BCUT2D eigenvalue weighted by Gasteiger charge is 2.27. The highest BCUT2D eigenvalue weighted by molar-refractivity contribution is 5.96. The van der Waals surface area contributed by atoms with Crippen LogP contribution in [-0.2, 0) is 9.59 Å². The molecule has 0 fully saturated rings. The number of para-hydroxylation sites is 2. The standard InChI is InChI=1S/C18H17N3O5/c22-16(10-19-17(23)12-6-2-1-3-7-12)20-21-18(24)15-11-25-13-8-4-5-9-14(13)26-15/h1-9,15H,10-11H2,(H,19,23)(H,20,22)(H,21,24)/t15-/m0/s1. The van der Waals surface area contributed by atoms with Gasteiger partial charge in [-0.15, -0.1) is 0 Å². The van der Waals surface area contributed by atoms with Crippen molar-refractivity contribution in [1.82, 2.24) is 16.2 Å². The van der Waals surface area contributed by atoms with E-state index in [1.807, 2.05) is 0 Å². The highest BCUT2D eigenvalue weighted by Crippen LogP contribution is 2.30. The van der Waals surface area contributed by atoms with Crippen LogP contribution in [-0.4, -0.2) is 37.0 Å². The van der Waals surface area contributed by atoms with Gasteiger partial charge in [-0.2, -0.15) is 0 Å². The fourth-order valence-electron chi connectivity index (χ4n) is 2.26. The fourth-order valence-corrected chi connectivity index (χ4v) is 2.26. The van der Waals surface area contributed by atoms with Gasteiger partial charge in [-0.3, -0.25) is 25.2 Å². The van der Waals surface area contributed by atoms with Gasteiger partial charge in [0.2, 0.25) is 6.10 Å². The zero-order valence-electron chi connectivity index (χ0n) is 13.7. The summed E-state index contributed by atoms with van der Waals surface area (Å²) in [6.07, 6.45) is -0.885. The van der Waals surface area contributed by atoms with Crippen LogP contribution in [0.4, 0.5) is 0 Å². The normalized spacial score (nSPS) is 14.8. The van der Waals surface area contributed by atoms with Gasteiger partial charge >= 0.3 is 0 Å². The van der Waals surface area contributed by atoms with Crippen molar-refractivity contribution in [1.29, 1.82) is 0 Å². The maximum absolute atomic E-state index is 12.1. The first kappa shape index (κ1) is 17.3. The van der Waals surface area contributed by atoms with E-state index in [4.69, 9.17) is 9.47 Å². The smallest absolute Gasteiger partial charge is 0.283 e. The summed E-state index contributed by atoms with van der Waals surface area (Å²) < 4.78 is 11.0. The first-order chi connectivity index (χ1) is 12.6. The number of nitrogens with one attached hydrogen (secondary N) is 3. The van der Waals surface area contributed by atoms with Gasteiger partial charge < -0.3 is 14.8 Å². The third-order valence-electron chi connectivity index (χ3n) is 3.57. The van der Waals surface area contributed by atoms with Crippen molar-refractivity contribution in [3.63, 3.8) is 0 Å². The molecule has 0 saturated carbocycles. The predicted molar refractivity (Wildman–Crippen MR) is 91.4 cm³/mol. The zero-order valence-corrected chi connectivity index (χ0v) is 13.7. The number of ether oxygens (including phenoxy) is 2. The molecule has 1 aliphatic rings. The summed E-state index contributed by atoms with van der Waals surface area (Å²) in [6.45, 7) is -0.248. The molecule has 0 radical (unpaired) electrons. The molecule has 0 aromatic heterocycles. The molecule has 8 nitrogen and oxygen atoms in total. The van der Waals surface area contributed by atoms with Crippen LogP contribution in [0, 0.1) is 0 Å². The predicted octanol–water partition coefficient (Wildman–Crippen LogP) is 0.404. The summed E-state index contributed by atoms with van der Waals surface area (Å²) in [5.74, 6) is -0.487. The van der Waals surface area contributed by atoms with Crippen LogP contribution in [0.1, 0.15) is 10.4 Å². The molecule has 3 rings (SSSR count). The van der Waals surface area contributed by atoms with Crippen molar-refractivity contribution in [3.8, 4) is 11.5 Å². The molecule has 3 amide bonds. The van der Waals surface area contributed by atoms with E-state index < -0.39 is 17.9 Å². The van der Waals surface area contributed by atoms with Crippen molar-refractivity contribution in [2.75, 3.05) is 13.2 Å². The minimum absolute atomic E-state index is 0.0312. The molecule has 2 aromatic carbocycles. The third-order valence-corrected chi connectivity index (χ3v) is 3.57. The maximum Gasteiger partial charge on any atom is 0.283 e. The number of benzene rings is 2. The SMILES string of the molecule is O=C(CNC(=O)c1ccccc1)NNC(=O)[C@@H]1COc2ccccc2O1. The van der Waals surface area contributed by atoms with Crippen molar-refractivity contribution >= 4 is 17.7 Å². The summed E-state index contributed by atoms with van der Waals surface area (Å²) in [5, 5.41) is 2.46. The minimum Gasteiger partial charge on any atom is -0.485 e. The van der Waals surface area contributed by atoms with Crippen LogP contribution in [0.3, 0.4) is 0 Å². The molecule has 26 heavy (non-hydrogen) atoms. The quantitative estimate of drug-likeness (QED) is 0.689. The van der Waals surface area contributed by atoms with Gasteiger partial charge in [0.15, 0.2) is 11.5 Å². The lowest BCUT2D eigenvalue weighted by Crippen LogP contribution is -2.52. The zero-order chi connectivity index (χ0) is 18.4. The number of fused-ring (bicyclic) bond motifs is 1. The number of hydrogen-bond donors (Lipinski definition) is 3. The number of hydrazine groups is 1. The van der Waals surface area contributed by atoms with E-state index in [1.54, 1.807) is 54.6 Å². The van der Waals surface area contributed by atoms with Gasteiger partial charge in [-0.25, -0.2) is 0 Å². The van der Waals surface area contributed by atoms with E-state index in [9.17, 15) is 14.4 Å². The Morgan fingerprint density at radius 3 is 2.38 bits per heavy atom. The summed E-state index contributed by atoms with van der Waals surface area (Å²) in [6, 6.07) is 15.5. The molecule has 2 aromatic rings. The van der Waals surface area contributed by atoms with Crippen molar-refractivity contribution in [2.45, 2.75) is 6.10 Å². The van der Waals surface area contributed by atoms with Crippen molar-refractivity contribution < 1.29 is 23.9 Å². The van der Waals surface area contributed by atoms with Crippen LogP contribution in [0.15, 0.2) is 54.6 Å². The van der Waals surface area contributed by atoms with Crippen LogP contribution in [0.25, 0.3) is 0 Å². The van der Waals surface area contributed by atoms with E-state index in [0.29, 0.717) is 17.1 Å². The second-order valence-corrected chi connectivity index (χ2v) is 5.45. The van der Waals surface area contributed by atoms with Crippen LogP contribution in [0.5, 0.6) is 11.5 Å². The first-order valence-electron chi connectivity index (χ1n) is 7.94. The molecule has 1 heterocycles. The van der Waals surface area contributed by atoms with Gasteiger partial charge in [0.25, 0.3) is 17.7 Å². The van der Waals surface area contributed by atoms with E-state index in [0.717, 1.165) is 0 Å². The molecule has 1 atom stereocenters. The Hall–Kier alpha value is -3.55. The summed E-state index contributed by atoms with van der Waals surface area (Å²) in [7, 11) is 0. The van der Waals surface area contributed by atoms with Gasteiger partial charge in [0.1, 0.15) is 6.61 Å². The molecular formula is C18H17N3O5. The van der Waals surface area contributed by atoms with E-state index in [-0.39, 0.29) is 19.1 Å². The Labute approximate surface area is 149 Å². The average Bonchev–Trinajstić information content (AvgIpc) is 2.70. The van der Waals surface area contributed by atoms with Gasteiger partial charge in [0.05, 0.1) is 6.54 Å². The largest absolute Gasteiger partial charge is 0.485 e. The number of hydrogen-bond acceptors (Lipinski definition) is 5. The number of carbonyl (C=O) groups excluding carboxylic acids is 3. The van der Waals surface area contributed by atoms with Crippen LogP contribution >= 0.6 is 0 Å². The molecule has 0 saturated heterocycles. The Balaban J connectivity index is 1.42. The monoisotopic (exact) mass is 355 g/mol. The molecule has 0 unspecified atom stereocenters. The van der Waals surface area contributed by atoms with Crippen molar-refractivity contribution in [2.24, 2.45) is 0 Å². The first-order valence-corrected chi connectivity index (χ1v) is 7.94. The molecule has 8 heteroatoms. The Morgan fingerprint density at radius 1 is 0.923 bits per heavy atom. The van der Waals surface area contributed by atoms with Crippen LogP contribution in [0.2, 0.25) is 0 Å². The van der Waals surface area contributed by atoms with Crippen molar-refractivity contribution in [3.05, 3.63) is 60.2 Å². The number of carbonyl (C=O) groups is 3. The van der Waals surface area contributed by atoms with E-state index in [2.05, 4.69) is 16.2 Å². The Kier molecular flexibility index (Phi) is 5.33. The lowest BCUT2D eigenvalue weighted by Gasteiger charge is -2.25. The Morgan fingerprint density at radius 2 is 1.62 bits per heavy atom. The average molecular weight is 355 g/mol. The molecule has 0 bridgehead atoms. The molecule has 1 aliphatic heterocycles. The Bertz CT molecular complexity index is 809. The molecular weight excluding hydrogens is 338 g/mol. The minimum atomic E-state index is -0.885. The van der Waals surface area contributed by atoms with Crippen LogP contribution < -0.4 is 25.6 Å². The van der Waals surface area contributed by atoms with Gasteiger partial charge in [0, 0.05) is 5.56 Å². The lowest BCUT2D eigenvalue weighted by molar-refractivity contribution is -0.134. The fraction of sp³-hybridized carbons (Fsp3) is 0.167. The summed E-state index contributed by atoms with van der Waals surface area (Å²) in [5.41, 5.74) is 4.91. The molecule has 3 N–H and O–H groups in total. The number of rotatable bonds is 4. The molecule has 134 valence electrons. The van der Waals surface area contributed by atoms with E-state index in [1.165, 1.54) is 0 Å². The summed E-state index contributed by atoms with van der Waals surface area (Å²) in [4.78, 5) is 35.6. The second kappa shape index (κ2) is 8.02. The molecule has 0 spiro atoms. The molecule has 0 aliphatic carbocycles. The third kappa shape index (κ3) is 4.29. The maximum atomic E-state index is 12.1. The summed E-state index contributed by atoms with van der Waals surface area (Å²) >= 11 is 0. The second-order valence-electron chi connectivity index (χ2n) is 5.45. The van der Waals surface area contributed by atoms with Gasteiger partial charge in [-0.1, -0.05) is 30.3 Å². The topological polar surface area (TPSA) is 106 Å². The lowest BCUT2D eigenvalue weighted by atomic mass is 10.2. The number of amides is 3.